The largest absolute Gasteiger partial charge is 0.297 e. The van der Waals surface area contributed by atoms with Crippen molar-refractivity contribution >= 4 is 10.1 Å². The van der Waals surface area contributed by atoms with Gasteiger partial charge in [0.15, 0.2) is 0 Å². The third-order valence-electron chi connectivity index (χ3n) is 3.51. The molecule has 0 radical (unpaired) electrons. The molecular weight excluding hydrogens is 284 g/mol. The van der Waals surface area contributed by atoms with E-state index in [2.05, 4.69) is 0 Å². The van der Waals surface area contributed by atoms with Gasteiger partial charge in [0.1, 0.15) is 0 Å². The molecule has 0 saturated heterocycles. The maximum Gasteiger partial charge on any atom is 0.297 e. The standard InChI is InChI=1S/C17H20O3S/c1-12-5-7-16(8-6-12)21(18,19)20-11-17-14(3)9-13(2)10-15(17)4/h5-10H,11H2,1-4H3. The van der Waals surface area contributed by atoms with Crippen molar-refractivity contribution in [2.45, 2.75) is 39.2 Å². The second kappa shape index (κ2) is 6.00. The van der Waals surface area contributed by atoms with Gasteiger partial charge in [0, 0.05) is 0 Å². The van der Waals surface area contributed by atoms with Crippen molar-refractivity contribution in [3.05, 3.63) is 64.2 Å². The first-order valence-corrected chi connectivity index (χ1v) is 8.23. The molecule has 3 nitrogen and oxygen atoms in total. The summed E-state index contributed by atoms with van der Waals surface area (Å²) < 4.78 is 29.6. The maximum atomic E-state index is 12.2. The van der Waals surface area contributed by atoms with Crippen molar-refractivity contribution in [2.24, 2.45) is 0 Å². The molecule has 2 aromatic rings. The molecule has 0 amide bonds. The average molecular weight is 304 g/mol. The van der Waals surface area contributed by atoms with Gasteiger partial charge in [-0.2, -0.15) is 8.42 Å². The summed E-state index contributed by atoms with van der Waals surface area (Å²) in [6, 6.07) is 10.7. The molecule has 0 unspecified atom stereocenters. The van der Waals surface area contributed by atoms with Crippen LogP contribution >= 0.6 is 0 Å². The lowest BCUT2D eigenvalue weighted by molar-refractivity contribution is 0.306. The predicted octanol–water partition coefficient (Wildman–Crippen LogP) is 3.83. The topological polar surface area (TPSA) is 43.4 Å². The SMILES string of the molecule is Cc1ccc(S(=O)(=O)OCc2c(C)cc(C)cc2C)cc1. The Balaban J connectivity index is 2.21. The van der Waals surface area contributed by atoms with Crippen LogP contribution in [0.4, 0.5) is 0 Å². The Bertz CT molecular complexity index is 721. The molecule has 0 aromatic heterocycles. The summed E-state index contributed by atoms with van der Waals surface area (Å²) in [4.78, 5) is 0.190. The van der Waals surface area contributed by atoms with Crippen molar-refractivity contribution in [1.29, 1.82) is 0 Å². The second-order valence-electron chi connectivity index (χ2n) is 5.41. The number of rotatable bonds is 4. The molecule has 0 bridgehead atoms. The maximum absolute atomic E-state index is 12.2. The van der Waals surface area contributed by atoms with Crippen molar-refractivity contribution in [3.63, 3.8) is 0 Å². The fourth-order valence-corrected chi connectivity index (χ4v) is 3.23. The Morgan fingerprint density at radius 2 is 1.38 bits per heavy atom. The first-order chi connectivity index (χ1) is 9.79. The van der Waals surface area contributed by atoms with E-state index in [0.717, 1.165) is 27.8 Å². The van der Waals surface area contributed by atoms with Crippen LogP contribution in [0.2, 0.25) is 0 Å². The zero-order valence-corrected chi connectivity index (χ0v) is 13.6. The Morgan fingerprint density at radius 1 is 0.857 bits per heavy atom. The van der Waals surface area contributed by atoms with Crippen molar-refractivity contribution < 1.29 is 12.6 Å². The summed E-state index contributed by atoms with van der Waals surface area (Å²) in [7, 11) is -3.72. The van der Waals surface area contributed by atoms with Gasteiger partial charge in [0.25, 0.3) is 10.1 Å². The number of hydrogen-bond acceptors (Lipinski definition) is 3. The molecule has 0 heterocycles. The van der Waals surface area contributed by atoms with Gasteiger partial charge in [-0.3, -0.25) is 4.18 Å². The summed E-state index contributed by atoms with van der Waals surface area (Å²) >= 11 is 0. The van der Waals surface area contributed by atoms with Gasteiger partial charge in [-0.25, -0.2) is 0 Å². The quantitative estimate of drug-likeness (QED) is 0.806. The number of hydrogen-bond donors (Lipinski definition) is 0. The van der Waals surface area contributed by atoms with Gasteiger partial charge in [-0.05, 0) is 56.5 Å². The van der Waals surface area contributed by atoms with Crippen LogP contribution < -0.4 is 0 Å². The van der Waals surface area contributed by atoms with E-state index < -0.39 is 10.1 Å². The molecule has 0 atom stereocenters. The first kappa shape index (κ1) is 15.7. The molecule has 112 valence electrons. The molecule has 2 aromatic carbocycles. The Labute approximate surface area is 126 Å². The van der Waals surface area contributed by atoms with Crippen LogP contribution in [-0.4, -0.2) is 8.42 Å². The zero-order valence-electron chi connectivity index (χ0n) is 12.8. The van der Waals surface area contributed by atoms with Gasteiger partial charge in [-0.1, -0.05) is 35.4 Å². The second-order valence-corrected chi connectivity index (χ2v) is 7.02. The molecule has 2 rings (SSSR count). The van der Waals surface area contributed by atoms with E-state index in [1.165, 1.54) is 0 Å². The lowest BCUT2D eigenvalue weighted by atomic mass is 10.0. The fraction of sp³-hybridized carbons (Fsp3) is 0.294. The highest BCUT2D eigenvalue weighted by Crippen LogP contribution is 2.20. The molecule has 0 fully saturated rings. The summed E-state index contributed by atoms with van der Waals surface area (Å²) in [6.07, 6.45) is 0. The van der Waals surface area contributed by atoms with Crippen LogP contribution in [-0.2, 0) is 20.9 Å². The van der Waals surface area contributed by atoms with Crippen LogP contribution in [0.1, 0.15) is 27.8 Å². The van der Waals surface area contributed by atoms with Crippen LogP contribution in [0, 0.1) is 27.7 Å². The van der Waals surface area contributed by atoms with E-state index in [0.29, 0.717) is 0 Å². The van der Waals surface area contributed by atoms with E-state index in [9.17, 15) is 8.42 Å². The van der Waals surface area contributed by atoms with Crippen molar-refractivity contribution in [3.8, 4) is 0 Å². The molecule has 0 aliphatic carbocycles. The Kier molecular flexibility index (Phi) is 4.49. The van der Waals surface area contributed by atoms with Crippen molar-refractivity contribution in [1.82, 2.24) is 0 Å². The van der Waals surface area contributed by atoms with E-state index in [-0.39, 0.29) is 11.5 Å². The molecule has 0 N–H and O–H groups in total. The van der Waals surface area contributed by atoms with Gasteiger partial charge in [0.05, 0.1) is 11.5 Å². The fourth-order valence-electron chi connectivity index (χ4n) is 2.35. The Hall–Kier alpha value is -1.65. The highest BCUT2D eigenvalue weighted by Gasteiger charge is 2.16. The third kappa shape index (κ3) is 3.71. The van der Waals surface area contributed by atoms with E-state index in [4.69, 9.17) is 4.18 Å². The van der Waals surface area contributed by atoms with E-state index >= 15 is 0 Å². The highest BCUT2D eigenvalue weighted by molar-refractivity contribution is 7.86. The van der Waals surface area contributed by atoms with Gasteiger partial charge >= 0.3 is 0 Å². The molecule has 21 heavy (non-hydrogen) atoms. The normalized spacial score (nSPS) is 11.6. The molecule has 0 aliphatic heterocycles. The average Bonchev–Trinajstić information content (AvgIpc) is 2.37. The first-order valence-electron chi connectivity index (χ1n) is 6.82. The molecule has 4 heteroatoms. The van der Waals surface area contributed by atoms with Gasteiger partial charge < -0.3 is 0 Å². The molecule has 0 aliphatic rings. The summed E-state index contributed by atoms with van der Waals surface area (Å²) in [5, 5.41) is 0. The minimum atomic E-state index is -3.72. The number of benzene rings is 2. The third-order valence-corrected chi connectivity index (χ3v) is 4.79. The van der Waals surface area contributed by atoms with Crippen LogP contribution in [0.15, 0.2) is 41.3 Å². The highest BCUT2D eigenvalue weighted by atomic mass is 32.2. The molecule has 0 spiro atoms. The molecule has 0 saturated carbocycles. The summed E-state index contributed by atoms with van der Waals surface area (Å²) in [6.45, 7) is 7.94. The predicted molar refractivity (Wildman–Crippen MR) is 83.8 cm³/mol. The van der Waals surface area contributed by atoms with Gasteiger partial charge in [-0.15, -0.1) is 0 Å². The van der Waals surface area contributed by atoms with E-state index in [1.807, 2.05) is 39.8 Å². The lowest BCUT2D eigenvalue weighted by Crippen LogP contribution is -2.08. The van der Waals surface area contributed by atoms with Gasteiger partial charge in [0.2, 0.25) is 0 Å². The summed E-state index contributed by atoms with van der Waals surface area (Å²) in [5.74, 6) is 0. The Morgan fingerprint density at radius 3 is 1.90 bits per heavy atom. The number of aryl methyl sites for hydroxylation is 4. The van der Waals surface area contributed by atoms with E-state index in [1.54, 1.807) is 24.3 Å². The van der Waals surface area contributed by atoms with Crippen molar-refractivity contribution in [2.75, 3.05) is 0 Å². The van der Waals surface area contributed by atoms with Crippen LogP contribution in [0.25, 0.3) is 0 Å². The minimum absolute atomic E-state index is 0.0636. The monoisotopic (exact) mass is 304 g/mol. The van der Waals surface area contributed by atoms with Crippen LogP contribution in [0.3, 0.4) is 0 Å². The smallest absolute Gasteiger partial charge is 0.262 e. The van der Waals surface area contributed by atoms with Crippen LogP contribution in [0.5, 0.6) is 0 Å². The minimum Gasteiger partial charge on any atom is -0.262 e. The summed E-state index contributed by atoms with van der Waals surface area (Å²) in [5.41, 5.74) is 5.20. The molecular formula is C17H20O3S. The zero-order chi connectivity index (χ0) is 15.6. The lowest BCUT2D eigenvalue weighted by Gasteiger charge is -2.12.